The van der Waals surface area contributed by atoms with Gasteiger partial charge >= 0.3 is 0 Å². The average Bonchev–Trinajstić information content (AvgIpc) is 2.93. The molecule has 2 saturated carbocycles. The van der Waals surface area contributed by atoms with Gasteiger partial charge in [0.2, 0.25) is 0 Å². The van der Waals surface area contributed by atoms with Crippen LogP contribution in [0, 0.1) is 17.8 Å². The van der Waals surface area contributed by atoms with Gasteiger partial charge in [-0.05, 0) is 58.7 Å². The maximum Gasteiger partial charge on any atom is 0.141 e. The maximum atomic E-state index is 5.84. The van der Waals surface area contributed by atoms with Crippen LogP contribution in [0.15, 0.2) is 16.6 Å². The van der Waals surface area contributed by atoms with Gasteiger partial charge in [-0.25, -0.2) is 0 Å². The molecule has 5 heteroatoms. The zero-order valence-electron chi connectivity index (χ0n) is 11.9. The second-order valence-corrected chi connectivity index (χ2v) is 6.48. The highest BCUT2D eigenvalue weighted by molar-refractivity contribution is 9.10. The highest BCUT2D eigenvalue weighted by Crippen LogP contribution is 2.63. The fourth-order valence-corrected chi connectivity index (χ4v) is 4.63. The van der Waals surface area contributed by atoms with E-state index in [1.165, 1.54) is 19.3 Å². The van der Waals surface area contributed by atoms with Crippen molar-refractivity contribution in [2.75, 3.05) is 14.2 Å². The van der Waals surface area contributed by atoms with Gasteiger partial charge in [0.25, 0.3) is 0 Å². The van der Waals surface area contributed by atoms with E-state index in [1.54, 1.807) is 14.2 Å². The van der Waals surface area contributed by atoms with Gasteiger partial charge in [-0.2, -0.15) is 0 Å². The van der Waals surface area contributed by atoms with Crippen molar-refractivity contribution >= 4 is 15.9 Å². The molecule has 1 aromatic carbocycles. The fourth-order valence-electron chi connectivity index (χ4n) is 3.94. The van der Waals surface area contributed by atoms with Crippen LogP contribution in [-0.2, 0) is 0 Å². The van der Waals surface area contributed by atoms with Gasteiger partial charge in [0, 0.05) is 5.56 Å². The smallest absolute Gasteiger partial charge is 0.141 e. The van der Waals surface area contributed by atoms with Gasteiger partial charge in [-0.1, -0.05) is 6.42 Å². The number of halogens is 1. The molecule has 0 spiro atoms. The summed E-state index contributed by atoms with van der Waals surface area (Å²) in [7, 11) is 3.34. The predicted molar refractivity (Wildman–Crippen MR) is 81.6 cm³/mol. The minimum atomic E-state index is 0.155. The number of nitrogens with one attached hydrogen (secondary N) is 1. The lowest BCUT2D eigenvalue weighted by Gasteiger charge is -2.22. The molecular weight excluding hydrogens is 320 g/mol. The first-order valence-electron chi connectivity index (χ1n) is 7.09. The van der Waals surface area contributed by atoms with Crippen LogP contribution in [0.1, 0.15) is 30.9 Å². The molecule has 110 valence electrons. The summed E-state index contributed by atoms with van der Waals surface area (Å²) >= 11 is 3.56. The van der Waals surface area contributed by atoms with E-state index >= 15 is 0 Å². The largest absolute Gasteiger partial charge is 0.495 e. The number of nitrogens with two attached hydrogens (primary N) is 1. The average molecular weight is 341 g/mol. The number of rotatable bonds is 5. The third-order valence-electron chi connectivity index (χ3n) is 4.89. The standard InChI is InChI=1S/C15H21BrN2O2/c1-19-11-7-6-10(15(20-2)13(11)16)14(18-17)12-8-4-3-5-9(8)12/h6-9,12,14,18H,3-5,17H2,1-2H3. The van der Waals surface area contributed by atoms with E-state index in [0.29, 0.717) is 5.92 Å². The van der Waals surface area contributed by atoms with Crippen LogP contribution in [-0.4, -0.2) is 14.2 Å². The Balaban J connectivity index is 1.93. The van der Waals surface area contributed by atoms with E-state index in [4.69, 9.17) is 15.3 Å². The Morgan fingerprint density at radius 2 is 1.95 bits per heavy atom. The second kappa shape index (κ2) is 5.54. The lowest BCUT2D eigenvalue weighted by atomic mass is 9.96. The van der Waals surface area contributed by atoms with Crippen LogP contribution in [0.3, 0.4) is 0 Å². The van der Waals surface area contributed by atoms with Crippen molar-refractivity contribution in [3.8, 4) is 11.5 Å². The number of hydrazine groups is 1. The van der Waals surface area contributed by atoms with Crippen molar-refractivity contribution in [1.29, 1.82) is 0 Å². The molecule has 0 amide bonds. The number of hydrogen-bond acceptors (Lipinski definition) is 4. The second-order valence-electron chi connectivity index (χ2n) is 5.68. The van der Waals surface area contributed by atoms with Crippen LogP contribution < -0.4 is 20.7 Å². The molecule has 0 aliphatic heterocycles. The lowest BCUT2D eigenvalue weighted by Crippen LogP contribution is -2.31. The van der Waals surface area contributed by atoms with Gasteiger partial charge in [-0.3, -0.25) is 11.3 Å². The quantitative estimate of drug-likeness (QED) is 0.639. The Bertz CT molecular complexity index is 499. The number of hydrogen-bond donors (Lipinski definition) is 2. The third kappa shape index (κ3) is 2.12. The Morgan fingerprint density at radius 3 is 2.50 bits per heavy atom. The topological polar surface area (TPSA) is 56.5 Å². The fraction of sp³-hybridized carbons (Fsp3) is 0.600. The first kappa shape index (κ1) is 14.2. The van der Waals surface area contributed by atoms with E-state index in [1.807, 2.05) is 6.07 Å². The number of methoxy groups -OCH3 is 2. The molecule has 0 bridgehead atoms. The third-order valence-corrected chi connectivity index (χ3v) is 5.64. The van der Waals surface area contributed by atoms with Gasteiger partial charge in [0.05, 0.1) is 20.3 Å². The first-order valence-corrected chi connectivity index (χ1v) is 7.88. The van der Waals surface area contributed by atoms with Gasteiger partial charge < -0.3 is 9.47 Å². The van der Waals surface area contributed by atoms with Gasteiger partial charge in [0.15, 0.2) is 0 Å². The molecular formula is C15H21BrN2O2. The number of benzene rings is 1. The Labute approximate surface area is 128 Å². The minimum Gasteiger partial charge on any atom is -0.495 e. The molecule has 0 aromatic heterocycles. The van der Waals surface area contributed by atoms with Gasteiger partial charge in [-0.15, -0.1) is 0 Å². The SMILES string of the molecule is COc1ccc(C(NN)C2C3CCCC32)c(OC)c1Br. The van der Waals surface area contributed by atoms with Crippen molar-refractivity contribution in [2.45, 2.75) is 25.3 Å². The van der Waals surface area contributed by atoms with Crippen molar-refractivity contribution in [3.63, 3.8) is 0 Å². The van der Waals surface area contributed by atoms with Crippen LogP contribution in [0.5, 0.6) is 11.5 Å². The molecule has 2 fully saturated rings. The predicted octanol–water partition coefficient (Wildman–Crippen LogP) is 3.02. The lowest BCUT2D eigenvalue weighted by molar-refractivity contribution is 0.365. The summed E-state index contributed by atoms with van der Waals surface area (Å²) in [6.45, 7) is 0. The van der Waals surface area contributed by atoms with Crippen molar-refractivity contribution in [2.24, 2.45) is 23.6 Å². The highest BCUT2D eigenvalue weighted by atomic mass is 79.9. The summed E-state index contributed by atoms with van der Waals surface area (Å²) in [5.41, 5.74) is 4.12. The van der Waals surface area contributed by atoms with E-state index < -0.39 is 0 Å². The number of ether oxygens (including phenoxy) is 2. The van der Waals surface area contributed by atoms with Gasteiger partial charge in [0.1, 0.15) is 16.0 Å². The molecule has 0 radical (unpaired) electrons. The summed E-state index contributed by atoms with van der Waals surface area (Å²) in [4.78, 5) is 0. The summed E-state index contributed by atoms with van der Waals surface area (Å²) in [6, 6.07) is 4.17. The zero-order valence-corrected chi connectivity index (χ0v) is 13.4. The molecule has 0 saturated heterocycles. The Kier molecular flexibility index (Phi) is 3.93. The van der Waals surface area contributed by atoms with Crippen LogP contribution in [0.4, 0.5) is 0 Å². The van der Waals surface area contributed by atoms with Crippen molar-refractivity contribution in [1.82, 2.24) is 5.43 Å². The van der Waals surface area contributed by atoms with Crippen LogP contribution in [0.2, 0.25) is 0 Å². The molecule has 3 atom stereocenters. The first-order chi connectivity index (χ1) is 9.72. The molecule has 3 unspecified atom stereocenters. The normalized spacial score (nSPS) is 28.9. The summed E-state index contributed by atoms with van der Waals surface area (Å²) in [5, 5.41) is 0. The van der Waals surface area contributed by atoms with E-state index in [0.717, 1.165) is 33.4 Å². The van der Waals surface area contributed by atoms with Crippen molar-refractivity contribution < 1.29 is 9.47 Å². The van der Waals surface area contributed by atoms with E-state index in [2.05, 4.69) is 27.4 Å². The maximum absolute atomic E-state index is 5.84. The van der Waals surface area contributed by atoms with Crippen LogP contribution in [0.25, 0.3) is 0 Å². The van der Waals surface area contributed by atoms with Crippen LogP contribution >= 0.6 is 15.9 Å². The molecule has 2 aliphatic rings. The molecule has 20 heavy (non-hydrogen) atoms. The van der Waals surface area contributed by atoms with E-state index in [-0.39, 0.29) is 6.04 Å². The zero-order chi connectivity index (χ0) is 14.3. The number of fused-ring (bicyclic) bond motifs is 1. The summed E-state index contributed by atoms with van der Waals surface area (Å²) in [5.74, 6) is 9.74. The molecule has 3 N–H and O–H groups in total. The highest BCUT2D eigenvalue weighted by Gasteiger charge is 2.56. The minimum absolute atomic E-state index is 0.155. The van der Waals surface area contributed by atoms with Crippen molar-refractivity contribution in [3.05, 3.63) is 22.2 Å². The molecule has 2 aliphatic carbocycles. The molecule has 1 aromatic rings. The van der Waals surface area contributed by atoms with E-state index in [9.17, 15) is 0 Å². The summed E-state index contributed by atoms with van der Waals surface area (Å²) < 4.78 is 11.8. The Morgan fingerprint density at radius 1 is 1.25 bits per heavy atom. The summed E-state index contributed by atoms with van der Waals surface area (Å²) in [6.07, 6.45) is 4.05. The molecule has 4 nitrogen and oxygen atoms in total. The molecule has 3 rings (SSSR count). The Hall–Kier alpha value is -0.780. The monoisotopic (exact) mass is 340 g/mol. The molecule has 0 heterocycles.